The van der Waals surface area contributed by atoms with Crippen LogP contribution in [0.15, 0.2) is 41.6 Å². The molecule has 0 saturated carbocycles. The Morgan fingerprint density at radius 3 is 2.51 bits per heavy atom. The fraction of sp³-hybridized carbons (Fsp3) is 0.400. The zero-order chi connectivity index (χ0) is 34.1. The molecule has 0 spiro atoms. The van der Waals surface area contributed by atoms with E-state index in [1.54, 1.807) is 33.2 Å². The first kappa shape index (κ1) is 33.7. The van der Waals surface area contributed by atoms with E-state index in [9.17, 15) is 26.8 Å². The molecule has 1 saturated heterocycles. The minimum atomic E-state index is -4.33. The number of fused-ring (bicyclic) bond motifs is 1. The number of halogens is 3. The molecule has 0 amide bonds. The monoisotopic (exact) mass is 674 g/mol. The fourth-order valence-electron chi connectivity index (χ4n) is 4.93. The Bertz CT molecular complexity index is 1990. The summed E-state index contributed by atoms with van der Waals surface area (Å²) in [4.78, 5) is 42.4. The molecule has 4 aromatic rings. The number of aryl methyl sites for hydroxylation is 1. The quantitative estimate of drug-likeness (QED) is 0.239. The molecule has 3 aromatic heterocycles. The molecule has 2 N–H and O–H groups in total. The number of anilines is 2. The molecule has 17 heteroatoms. The van der Waals surface area contributed by atoms with E-state index in [1.165, 1.54) is 19.3 Å². The SMILES string of the molecule is Cn1c(=O)c(-c2c(F)ccc(NS(=O)(=O)N3CC[C@@H](F)C3)c2F)cc2cnc(NCCc3cnc(CC(=O)OC(C)(C)C)nc3)nc21. The van der Waals surface area contributed by atoms with Gasteiger partial charge >= 0.3 is 16.2 Å². The number of nitrogens with one attached hydrogen (secondary N) is 2. The summed E-state index contributed by atoms with van der Waals surface area (Å²) >= 11 is 0. The number of ether oxygens (including phenoxy) is 1. The number of benzene rings is 1. The highest BCUT2D eigenvalue weighted by molar-refractivity contribution is 7.90. The molecule has 0 aliphatic carbocycles. The van der Waals surface area contributed by atoms with Gasteiger partial charge in [-0.3, -0.25) is 18.9 Å². The third kappa shape index (κ3) is 7.85. The molecule has 0 unspecified atom stereocenters. The lowest BCUT2D eigenvalue weighted by atomic mass is 10.0. The average Bonchev–Trinajstić information content (AvgIpc) is 3.44. The van der Waals surface area contributed by atoms with Crippen molar-refractivity contribution in [3.63, 3.8) is 0 Å². The lowest BCUT2D eigenvalue weighted by Crippen LogP contribution is -2.34. The predicted octanol–water partition coefficient (Wildman–Crippen LogP) is 3.30. The molecule has 1 aliphatic rings. The summed E-state index contributed by atoms with van der Waals surface area (Å²) in [5.41, 5.74) is -2.14. The number of carbonyl (C=O) groups excluding carboxylic acids is 1. The number of nitrogens with zero attached hydrogens (tertiary/aromatic N) is 6. The zero-order valence-corrected chi connectivity index (χ0v) is 26.9. The van der Waals surface area contributed by atoms with Crippen LogP contribution in [0.3, 0.4) is 0 Å². The molecule has 0 bridgehead atoms. The van der Waals surface area contributed by atoms with Crippen LogP contribution in [0, 0.1) is 11.6 Å². The van der Waals surface area contributed by atoms with Gasteiger partial charge in [0.1, 0.15) is 35.5 Å². The zero-order valence-electron chi connectivity index (χ0n) is 26.1. The summed E-state index contributed by atoms with van der Waals surface area (Å²) in [5.74, 6) is -2.30. The van der Waals surface area contributed by atoms with Crippen molar-refractivity contribution in [1.82, 2.24) is 28.8 Å². The number of rotatable bonds is 10. The van der Waals surface area contributed by atoms with Gasteiger partial charge in [0, 0.05) is 50.7 Å². The van der Waals surface area contributed by atoms with Crippen LogP contribution in [0.4, 0.5) is 24.8 Å². The van der Waals surface area contributed by atoms with Gasteiger partial charge in [-0.25, -0.2) is 28.1 Å². The van der Waals surface area contributed by atoms with Gasteiger partial charge in [0.2, 0.25) is 5.95 Å². The van der Waals surface area contributed by atoms with Crippen LogP contribution in [0.25, 0.3) is 22.2 Å². The van der Waals surface area contributed by atoms with Crippen LogP contribution >= 0.6 is 0 Å². The van der Waals surface area contributed by atoms with Gasteiger partial charge in [0.05, 0.1) is 16.8 Å². The maximum Gasteiger partial charge on any atom is 0.314 e. The smallest absolute Gasteiger partial charge is 0.314 e. The maximum atomic E-state index is 15.6. The lowest BCUT2D eigenvalue weighted by molar-refractivity contribution is -0.154. The highest BCUT2D eigenvalue weighted by atomic mass is 32.2. The van der Waals surface area contributed by atoms with Crippen molar-refractivity contribution < 1.29 is 31.1 Å². The van der Waals surface area contributed by atoms with Crippen molar-refractivity contribution in [3.05, 3.63) is 70.2 Å². The second-order valence-electron chi connectivity index (χ2n) is 12.0. The molecular formula is C30H33F3N8O5S. The first-order chi connectivity index (χ1) is 22.1. The standard InChI is InChI=1S/C30H33F3N8O5S/c1-30(2,3)46-24(42)12-23-35-13-17(14-36-23)7-9-34-29-37-15-18-11-20(28(43)40(4)27(18)38-29)25-21(32)5-6-22(26(25)33)39-47(44,45)41-10-8-19(31)16-41/h5-6,11,13-15,19,39H,7-10,12,16H2,1-4H3,(H,34,37,38)/t19-/m1/s1. The number of hydrogen-bond acceptors (Lipinski definition) is 10. The van der Waals surface area contributed by atoms with Crippen molar-refractivity contribution in [1.29, 1.82) is 0 Å². The molecule has 250 valence electrons. The summed E-state index contributed by atoms with van der Waals surface area (Å²) in [5, 5.41) is 3.33. The molecule has 5 rings (SSSR count). The van der Waals surface area contributed by atoms with Crippen LogP contribution in [0.1, 0.15) is 38.6 Å². The number of hydrogen-bond donors (Lipinski definition) is 2. The molecule has 1 fully saturated rings. The molecule has 13 nitrogen and oxygen atoms in total. The highest BCUT2D eigenvalue weighted by Gasteiger charge is 2.32. The Hall–Kier alpha value is -4.64. The summed E-state index contributed by atoms with van der Waals surface area (Å²) < 4.78 is 78.8. The largest absolute Gasteiger partial charge is 0.460 e. The second-order valence-corrected chi connectivity index (χ2v) is 13.6. The van der Waals surface area contributed by atoms with Gasteiger partial charge in [0.15, 0.2) is 5.82 Å². The fourth-order valence-corrected chi connectivity index (χ4v) is 6.19. The molecule has 0 radical (unpaired) electrons. The van der Waals surface area contributed by atoms with Crippen LogP contribution < -0.4 is 15.6 Å². The molecule has 4 heterocycles. The van der Waals surface area contributed by atoms with Gasteiger partial charge < -0.3 is 10.1 Å². The molecule has 47 heavy (non-hydrogen) atoms. The van der Waals surface area contributed by atoms with Crippen molar-refractivity contribution >= 4 is 38.8 Å². The average molecular weight is 675 g/mol. The van der Waals surface area contributed by atoms with Crippen LogP contribution in [0.5, 0.6) is 0 Å². The number of esters is 1. The number of aromatic nitrogens is 5. The van der Waals surface area contributed by atoms with E-state index in [-0.39, 0.29) is 48.5 Å². The molecule has 1 aliphatic heterocycles. The second kappa shape index (κ2) is 13.2. The first-order valence-electron chi connectivity index (χ1n) is 14.6. The Morgan fingerprint density at radius 2 is 1.85 bits per heavy atom. The Labute approximate surface area is 268 Å². The van der Waals surface area contributed by atoms with E-state index < -0.39 is 56.4 Å². The van der Waals surface area contributed by atoms with Crippen LogP contribution in [-0.4, -0.2) is 74.6 Å². The minimum absolute atomic E-state index is 0.00592. The number of alkyl halides is 1. The van der Waals surface area contributed by atoms with E-state index in [2.05, 4.69) is 25.3 Å². The normalized spacial score (nSPS) is 15.6. The third-order valence-corrected chi connectivity index (χ3v) is 8.65. The van der Waals surface area contributed by atoms with Crippen LogP contribution in [0.2, 0.25) is 0 Å². The molecular weight excluding hydrogens is 641 g/mol. The van der Waals surface area contributed by atoms with Crippen molar-refractivity contribution in [2.75, 3.05) is 29.7 Å². The van der Waals surface area contributed by atoms with Gasteiger partial charge in [0.25, 0.3) is 5.56 Å². The number of pyridine rings is 1. The van der Waals surface area contributed by atoms with Gasteiger partial charge in [-0.15, -0.1) is 0 Å². The van der Waals surface area contributed by atoms with E-state index in [0.717, 1.165) is 26.6 Å². The Balaban J connectivity index is 1.30. The molecule has 1 aromatic carbocycles. The maximum absolute atomic E-state index is 15.6. The van der Waals surface area contributed by atoms with Gasteiger partial charge in [-0.2, -0.15) is 17.7 Å². The van der Waals surface area contributed by atoms with Crippen molar-refractivity contribution in [3.8, 4) is 11.1 Å². The highest BCUT2D eigenvalue weighted by Crippen LogP contribution is 2.31. The van der Waals surface area contributed by atoms with E-state index in [1.807, 2.05) is 4.72 Å². The predicted molar refractivity (Wildman–Crippen MR) is 168 cm³/mol. The summed E-state index contributed by atoms with van der Waals surface area (Å²) in [6.45, 7) is 5.22. The van der Waals surface area contributed by atoms with Crippen molar-refractivity contribution in [2.24, 2.45) is 7.05 Å². The summed E-state index contributed by atoms with van der Waals surface area (Å²) in [6.07, 6.45) is 3.68. The minimum Gasteiger partial charge on any atom is -0.460 e. The lowest BCUT2D eigenvalue weighted by Gasteiger charge is -2.19. The van der Waals surface area contributed by atoms with Gasteiger partial charge in [-0.1, -0.05) is 0 Å². The summed E-state index contributed by atoms with van der Waals surface area (Å²) in [6, 6.07) is 2.96. The van der Waals surface area contributed by atoms with Crippen molar-refractivity contribution in [2.45, 2.75) is 51.8 Å². The topological polar surface area (TPSA) is 161 Å². The molecule has 1 atom stereocenters. The van der Waals surface area contributed by atoms with Gasteiger partial charge in [-0.05, 0) is 57.4 Å². The van der Waals surface area contributed by atoms with E-state index in [0.29, 0.717) is 18.8 Å². The van der Waals surface area contributed by atoms with E-state index >= 15 is 4.39 Å². The Morgan fingerprint density at radius 1 is 1.13 bits per heavy atom. The summed E-state index contributed by atoms with van der Waals surface area (Å²) in [7, 11) is -2.95. The third-order valence-electron chi connectivity index (χ3n) is 7.16. The Kier molecular flexibility index (Phi) is 9.49. The van der Waals surface area contributed by atoms with E-state index in [4.69, 9.17) is 4.74 Å². The first-order valence-corrected chi connectivity index (χ1v) is 16.1. The number of carbonyl (C=O) groups is 1. The van der Waals surface area contributed by atoms with Crippen LogP contribution in [-0.2, 0) is 39.6 Å².